The molecule has 4 aromatic carbocycles. The van der Waals surface area contributed by atoms with Crippen LogP contribution in [0, 0.1) is 5.92 Å². The van der Waals surface area contributed by atoms with Gasteiger partial charge in [-0.15, -0.1) is 0 Å². The first-order valence-electron chi connectivity index (χ1n) is 12.6. The topological polar surface area (TPSA) is 41.9 Å². The lowest BCUT2D eigenvalue weighted by molar-refractivity contribution is -0.135. The summed E-state index contributed by atoms with van der Waals surface area (Å²) in [5.41, 5.74) is 4.54. The maximum Gasteiger partial charge on any atom is 0.281 e. The number of benzene rings is 4. The van der Waals surface area contributed by atoms with Gasteiger partial charge in [-0.2, -0.15) is 5.10 Å². The minimum atomic E-state index is -0.127. The molecule has 36 heavy (non-hydrogen) atoms. The quantitative estimate of drug-likeness (QED) is 0.313. The highest BCUT2D eigenvalue weighted by molar-refractivity contribution is 6.08. The molecule has 1 aliphatic carbocycles. The van der Waals surface area contributed by atoms with Gasteiger partial charge in [-0.25, -0.2) is 5.01 Å². The van der Waals surface area contributed by atoms with Crippen LogP contribution < -0.4 is 4.74 Å². The third kappa shape index (κ3) is 4.42. The summed E-state index contributed by atoms with van der Waals surface area (Å²) in [7, 11) is 0. The van der Waals surface area contributed by atoms with Crippen molar-refractivity contribution in [3.05, 3.63) is 120 Å². The number of carbonyl (C=O) groups is 1. The van der Waals surface area contributed by atoms with E-state index in [0.29, 0.717) is 5.75 Å². The normalized spacial score (nSPS) is 20.3. The zero-order valence-electron chi connectivity index (χ0n) is 20.1. The second-order valence-electron chi connectivity index (χ2n) is 9.46. The molecule has 0 spiro atoms. The molecular weight excluding hydrogens is 444 g/mol. The summed E-state index contributed by atoms with van der Waals surface area (Å²) in [5.74, 6) is 0.742. The number of hydrogen-bond donors (Lipinski definition) is 0. The van der Waals surface area contributed by atoms with E-state index in [2.05, 4.69) is 48.5 Å². The van der Waals surface area contributed by atoms with Gasteiger partial charge in [-0.05, 0) is 64.9 Å². The Kier molecular flexibility index (Phi) is 6.08. The lowest BCUT2D eigenvalue weighted by atomic mass is 9.77. The molecule has 0 N–H and O–H groups in total. The van der Waals surface area contributed by atoms with Crippen LogP contribution in [0.5, 0.6) is 5.75 Å². The molecular formula is C32H28N2O2. The summed E-state index contributed by atoms with van der Waals surface area (Å²) < 4.78 is 5.97. The van der Waals surface area contributed by atoms with E-state index in [0.717, 1.165) is 46.9 Å². The monoisotopic (exact) mass is 472 g/mol. The number of carbonyl (C=O) groups excluding carboxylic acids is 1. The van der Waals surface area contributed by atoms with E-state index in [1.165, 1.54) is 5.57 Å². The molecule has 4 heteroatoms. The molecule has 0 bridgehead atoms. The molecule has 2 unspecified atom stereocenters. The molecule has 1 fully saturated rings. The van der Waals surface area contributed by atoms with Crippen LogP contribution in [0.4, 0.5) is 0 Å². The van der Waals surface area contributed by atoms with Gasteiger partial charge >= 0.3 is 0 Å². The molecule has 1 amide bonds. The summed E-state index contributed by atoms with van der Waals surface area (Å²) in [4.78, 5) is 13.5. The SMILES string of the molecule is O=C(COc1ccc2ccccc2c1)N1N=C2/C(=C/c3ccccc3)CCCC2C1c1ccccc1. The van der Waals surface area contributed by atoms with Gasteiger partial charge in [0, 0.05) is 5.92 Å². The highest BCUT2D eigenvalue weighted by Gasteiger charge is 2.43. The molecule has 0 saturated heterocycles. The van der Waals surface area contributed by atoms with Gasteiger partial charge in [0.25, 0.3) is 5.91 Å². The molecule has 0 aromatic heterocycles. The van der Waals surface area contributed by atoms with Crippen LogP contribution in [-0.4, -0.2) is 23.2 Å². The van der Waals surface area contributed by atoms with E-state index in [-0.39, 0.29) is 24.5 Å². The van der Waals surface area contributed by atoms with Crippen molar-refractivity contribution in [1.29, 1.82) is 0 Å². The maximum atomic E-state index is 13.5. The first-order valence-corrected chi connectivity index (χ1v) is 12.6. The average Bonchev–Trinajstić information content (AvgIpc) is 3.33. The van der Waals surface area contributed by atoms with Crippen LogP contribution in [0.25, 0.3) is 16.8 Å². The van der Waals surface area contributed by atoms with Crippen molar-refractivity contribution in [3.8, 4) is 5.75 Å². The van der Waals surface area contributed by atoms with Gasteiger partial charge in [0.1, 0.15) is 5.75 Å². The molecule has 2 atom stereocenters. The Hall–Kier alpha value is -4.18. The van der Waals surface area contributed by atoms with Gasteiger partial charge < -0.3 is 4.74 Å². The largest absolute Gasteiger partial charge is 0.484 e. The lowest BCUT2D eigenvalue weighted by Gasteiger charge is -2.29. The molecule has 1 saturated carbocycles. The van der Waals surface area contributed by atoms with E-state index in [1.54, 1.807) is 5.01 Å². The molecule has 4 aromatic rings. The summed E-state index contributed by atoms with van der Waals surface area (Å²) in [6, 6.07) is 34.6. The predicted octanol–water partition coefficient (Wildman–Crippen LogP) is 7.04. The van der Waals surface area contributed by atoms with Crippen molar-refractivity contribution in [2.75, 3.05) is 6.61 Å². The van der Waals surface area contributed by atoms with Crippen LogP contribution in [0.1, 0.15) is 36.4 Å². The van der Waals surface area contributed by atoms with Gasteiger partial charge in [-0.1, -0.05) is 91.0 Å². The van der Waals surface area contributed by atoms with Gasteiger partial charge in [0.05, 0.1) is 11.8 Å². The minimum absolute atomic E-state index is 0.0527. The smallest absolute Gasteiger partial charge is 0.281 e. The maximum absolute atomic E-state index is 13.5. The zero-order valence-corrected chi connectivity index (χ0v) is 20.1. The number of hydrogen-bond acceptors (Lipinski definition) is 3. The molecule has 1 heterocycles. The third-order valence-corrected chi connectivity index (χ3v) is 7.12. The van der Waals surface area contributed by atoms with Crippen LogP contribution in [-0.2, 0) is 4.79 Å². The molecule has 2 aliphatic rings. The Balaban J connectivity index is 1.29. The van der Waals surface area contributed by atoms with Gasteiger partial charge in [-0.3, -0.25) is 4.79 Å². The van der Waals surface area contributed by atoms with Crippen molar-refractivity contribution in [2.24, 2.45) is 11.0 Å². The lowest BCUT2D eigenvalue weighted by Crippen LogP contribution is -2.34. The Morgan fingerprint density at radius 2 is 1.61 bits per heavy atom. The number of hydrazone groups is 1. The van der Waals surface area contributed by atoms with Crippen molar-refractivity contribution in [3.63, 3.8) is 0 Å². The predicted molar refractivity (Wildman–Crippen MR) is 145 cm³/mol. The third-order valence-electron chi connectivity index (χ3n) is 7.12. The second kappa shape index (κ2) is 9.82. The number of ether oxygens (including phenoxy) is 1. The van der Waals surface area contributed by atoms with Crippen molar-refractivity contribution in [1.82, 2.24) is 5.01 Å². The van der Waals surface area contributed by atoms with Crippen LogP contribution in [0.3, 0.4) is 0 Å². The molecule has 178 valence electrons. The average molecular weight is 473 g/mol. The first-order chi connectivity index (χ1) is 17.8. The fraction of sp³-hybridized carbons (Fsp3) is 0.188. The molecule has 6 rings (SSSR count). The fourth-order valence-electron chi connectivity index (χ4n) is 5.41. The van der Waals surface area contributed by atoms with Crippen molar-refractivity contribution in [2.45, 2.75) is 25.3 Å². The zero-order chi connectivity index (χ0) is 24.3. The van der Waals surface area contributed by atoms with E-state index in [1.807, 2.05) is 60.7 Å². The summed E-state index contributed by atoms with van der Waals surface area (Å²) in [5, 5.41) is 8.88. The van der Waals surface area contributed by atoms with E-state index >= 15 is 0 Å². The van der Waals surface area contributed by atoms with Crippen LogP contribution in [0.15, 0.2) is 114 Å². The van der Waals surface area contributed by atoms with Gasteiger partial charge in [0.15, 0.2) is 6.61 Å². The number of fused-ring (bicyclic) bond motifs is 2. The summed E-state index contributed by atoms with van der Waals surface area (Å²) in [6.45, 7) is -0.0527. The minimum Gasteiger partial charge on any atom is -0.484 e. The van der Waals surface area contributed by atoms with Crippen molar-refractivity contribution < 1.29 is 9.53 Å². The molecule has 0 radical (unpaired) electrons. The van der Waals surface area contributed by atoms with Crippen LogP contribution >= 0.6 is 0 Å². The van der Waals surface area contributed by atoms with E-state index in [4.69, 9.17) is 9.84 Å². The Labute approximate surface area is 211 Å². The highest BCUT2D eigenvalue weighted by atomic mass is 16.5. The molecule has 4 nitrogen and oxygen atoms in total. The van der Waals surface area contributed by atoms with Gasteiger partial charge in [0.2, 0.25) is 0 Å². The Morgan fingerprint density at radius 3 is 2.42 bits per heavy atom. The molecule has 1 aliphatic heterocycles. The number of nitrogens with zero attached hydrogens (tertiary/aromatic N) is 2. The number of rotatable bonds is 5. The van der Waals surface area contributed by atoms with E-state index < -0.39 is 0 Å². The highest BCUT2D eigenvalue weighted by Crippen LogP contribution is 2.44. The first kappa shape index (κ1) is 22.3. The fourth-order valence-corrected chi connectivity index (χ4v) is 5.41. The van der Waals surface area contributed by atoms with Crippen molar-refractivity contribution >= 4 is 28.5 Å². The standard InChI is InChI=1S/C32H28N2O2/c35-30(22-36-28-19-18-24-12-7-8-15-26(24)21-28)34-32(25-13-5-2-6-14-25)29-17-9-16-27(31(29)33-34)20-23-10-3-1-4-11-23/h1-8,10-15,18-21,29,32H,9,16-17,22H2/b27-20+. The summed E-state index contributed by atoms with van der Waals surface area (Å²) >= 11 is 0. The Bertz CT molecular complexity index is 1440. The summed E-state index contributed by atoms with van der Waals surface area (Å²) in [6.07, 6.45) is 5.30. The Morgan fingerprint density at radius 1 is 0.889 bits per heavy atom. The van der Waals surface area contributed by atoms with E-state index in [9.17, 15) is 4.79 Å². The second-order valence-corrected chi connectivity index (χ2v) is 9.46. The number of allylic oxidation sites excluding steroid dienone is 1. The number of amides is 1. The van der Waals surface area contributed by atoms with Crippen LogP contribution in [0.2, 0.25) is 0 Å².